The number of methoxy groups -OCH3 is 1. The molecule has 0 heterocycles. The summed E-state index contributed by atoms with van der Waals surface area (Å²) in [5.74, 6) is 0.317. The van der Waals surface area contributed by atoms with Crippen molar-refractivity contribution in [2.24, 2.45) is 0 Å². The van der Waals surface area contributed by atoms with Gasteiger partial charge in [0.15, 0.2) is 6.04 Å². The van der Waals surface area contributed by atoms with E-state index in [1.807, 2.05) is 55.5 Å². The van der Waals surface area contributed by atoms with E-state index in [4.69, 9.17) is 4.74 Å². The van der Waals surface area contributed by atoms with Crippen LogP contribution in [0.5, 0.6) is 5.75 Å². The monoisotopic (exact) mass is 419 g/mol. The Morgan fingerprint density at radius 2 is 1.81 bits per heavy atom. The third-order valence-corrected chi connectivity index (χ3v) is 5.80. The van der Waals surface area contributed by atoms with Gasteiger partial charge in [0, 0.05) is 24.0 Å². The number of aryl methyl sites for hydroxylation is 1. The first kappa shape index (κ1) is 21.1. The van der Waals surface area contributed by atoms with Crippen molar-refractivity contribution in [3.05, 3.63) is 95.3 Å². The molecule has 5 heteroatoms. The molecule has 1 aliphatic carbocycles. The van der Waals surface area contributed by atoms with Gasteiger partial charge in [0.1, 0.15) is 18.1 Å². The second kappa shape index (κ2) is 9.31. The molecule has 3 aromatic rings. The highest BCUT2D eigenvalue weighted by Gasteiger charge is 2.42. The normalized spacial score (nSPS) is 15.2. The standard InChI is InChI=1S/C26H27FN2O2/c1-18-8-15-24(31-2)23(16-18)28-26(30)25(20-6-4-3-5-7-20)29(22-13-14-22)17-19-9-11-21(27)12-10-19/h3-12,15-16,22,25H,13-14,17H2,1-2H3,(H,28,30)/p+1/t25-/m0/s1. The van der Waals surface area contributed by atoms with Crippen LogP contribution in [0.25, 0.3) is 0 Å². The summed E-state index contributed by atoms with van der Waals surface area (Å²) >= 11 is 0. The topological polar surface area (TPSA) is 42.8 Å². The molecule has 1 unspecified atom stereocenters. The van der Waals surface area contributed by atoms with E-state index in [-0.39, 0.29) is 17.8 Å². The predicted molar refractivity (Wildman–Crippen MR) is 120 cm³/mol. The Morgan fingerprint density at radius 3 is 2.45 bits per heavy atom. The van der Waals surface area contributed by atoms with Gasteiger partial charge in [-0.2, -0.15) is 0 Å². The van der Waals surface area contributed by atoms with E-state index in [2.05, 4.69) is 5.32 Å². The van der Waals surface area contributed by atoms with Crippen LogP contribution in [0.1, 0.15) is 35.6 Å². The minimum atomic E-state index is -0.385. The fraction of sp³-hybridized carbons (Fsp3) is 0.269. The molecule has 0 saturated heterocycles. The van der Waals surface area contributed by atoms with Gasteiger partial charge in [0.25, 0.3) is 5.91 Å². The number of anilines is 1. The van der Waals surface area contributed by atoms with Gasteiger partial charge in [-0.25, -0.2) is 4.39 Å². The molecular formula is C26H28FN2O2+. The average Bonchev–Trinajstić information content (AvgIpc) is 3.61. The van der Waals surface area contributed by atoms with Gasteiger partial charge in [0.2, 0.25) is 0 Å². The molecule has 2 N–H and O–H groups in total. The number of halogens is 1. The summed E-state index contributed by atoms with van der Waals surface area (Å²) in [7, 11) is 1.60. The van der Waals surface area contributed by atoms with Gasteiger partial charge >= 0.3 is 0 Å². The highest BCUT2D eigenvalue weighted by atomic mass is 19.1. The van der Waals surface area contributed by atoms with Crippen molar-refractivity contribution < 1.29 is 18.8 Å². The lowest BCUT2D eigenvalue weighted by molar-refractivity contribution is -0.946. The zero-order chi connectivity index (χ0) is 21.8. The maximum atomic E-state index is 13.7. The number of nitrogens with one attached hydrogen (secondary N) is 2. The van der Waals surface area contributed by atoms with Crippen LogP contribution < -0.4 is 15.0 Å². The third kappa shape index (κ3) is 5.12. The molecule has 0 aliphatic heterocycles. The molecule has 1 saturated carbocycles. The number of carbonyl (C=O) groups is 1. The number of ether oxygens (including phenoxy) is 1. The lowest BCUT2D eigenvalue weighted by Crippen LogP contribution is -3.13. The highest BCUT2D eigenvalue weighted by Crippen LogP contribution is 2.27. The van der Waals surface area contributed by atoms with Crippen molar-refractivity contribution >= 4 is 11.6 Å². The van der Waals surface area contributed by atoms with Crippen molar-refractivity contribution in [3.8, 4) is 5.75 Å². The molecule has 1 fully saturated rings. The van der Waals surface area contributed by atoms with Gasteiger partial charge in [-0.05, 0) is 36.8 Å². The molecule has 4 rings (SSSR count). The van der Waals surface area contributed by atoms with Crippen LogP contribution in [0, 0.1) is 12.7 Å². The fourth-order valence-electron chi connectivity index (χ4n) is 4.08. The van der Waals surface area contributed by atoms with E-state index in [0.29, 0.717) is 24.0 Å². The molecule has 1 amide bonds. The van der Waals surface area contributed by atoms with Crippen molar-refractivity contribution in [1.82, 2.24) is 0 Å². The molecule has 3 aromatic carbocycles. The zero-order valence-electron chi connectivity index (χ0n) is 17.9. The molecule has 160 valence electrons. The minimum absolute atomic E-state index is 0.0703. The first-order chi connectivity index (χ1) is 15.0. The Kier molecular flexibility index (Phi) is 6.33. The summed E-state index contributed by atoms with van der Waals surface area (Å²) in [5.41, 5.74) is 3.70. The van der Waals surface area contributed by atoms with Crippen LogP contribution in [0.3, 0.4) is 0 Å². The van der Waals surface area contributed by atoms with Crippen LogP contribution in [-0.4, -0.2) is 19.1 Å². The number of amides is 1. The summed E-state index contributed by atoms with van der Waals surface area (Å²) in [6, 6.07) is 22.2. The van der Waals surface area contributed by atoms with Crippen LogP contribution in [0.15, 0.2) is 72.8 Å². The lowest BCUT2D eigenvalue weighted by Gasteiger charge is -2.29. The Morgan fingerprint density at radius 1 is 1.10 bits per heavy atom. The zero-order valence-corrected chi connectivity index (χ0v) is 17.9. The Bertz CT molecular complexity index is 1030. The van der Waals surface area contributed by atoms with Gasteiger partial charge in [-0.1, -0.05) is 48.5 Å². The van der Waals surface area contributed by atoms with Crippen LogP contribution in [0.4, 0.5) is 10.1 Å². The Balaban J connectivity index is 1.67. The molecule has 0 spiro atoms. The molecule has 0 radical (unpaired) electrons. The molecule has 0 bridgehead atoms. The second-order valence-corrected chi connectivity index (χ2v) is 8.19. The maximum Gasteiger partial charge on any atom is 0.287 e. The number of benzene rings is 3. The summed E-state index contributed by atoms with van der Waals surface area (Å²) in [6.07, 6.45) is 2.17. The smallest absolute Gasteiger partial charge is 0.287 e. The molecule has 0 aromatic heterocycles. The van der Waals surface area contributed by atoms with Crippen molar-refractivity contribution in [3.63, 3.8) is 0 Å². The van der Waals surface area contributed by atoms with E-state index in [0.717, 1.165) is 29.5 Å². The van der Waals surface area contributed by atoms with E-state index in [9.17, 15) is 9.18 Å². The summed E-state index contributed by atoms with van der Waals surface area (Å²) in [6.45, 7) is 2.64. The molecular weight excluding hydrogens is 391 g/mol. The van der Waals surface area contributed by atoms with Gasteiger partial charge < -0.3 is 15.0 Å². The number of rotatable bonds is 8. The van der Waals surface area contributed by atoms with E-state index in [1.54, 1.807) is 19.2 Å². The van der Waals surface area contributed by atoms with Crippen molar-refractivity contribution in [2.75, 3.05) is 12.4 Å². The molecule has 1 aliphatic rings. The summed E-state index contributed by atoms with van der Waals surface area (Å²) in [5, 5.41) is 3.11. The maximum absolute atomic E-state index is 13.7. The van der Waals surface area contributed by atoms with E-state index < -0.39 is 0 Å². The molecule has 2 atom stereocenters. The van der Waals surface area contributed by atoms with E-state index in [1.165, 1.54) is 17.0 Å². The number of carbonyl (C=O) groups excluding carboxylic acids is 1. The van der Waals surface area contributed by atoms with Crippen molar-refractivity contribution in [2.45, 2.75) is 38.4 Å². The van der Waals surface area contributed by atoms with Gasteiger partial charge in [-0.3, -0.25) is 4.79 Å². The summed E-state index contributed by atoms with van der Waals surface area (Å²) in [4.78, 5) is 14.8. The van der Waals surface area contributed by atoms with Gasteiger partial charge in [0.05, 0.1) is 18.8 Å². The average molecular weight is 420 g/mol. The quantitative estimate of drug-likeness (QED) is 0.578. The number of hydrogen-bond acceptors (Lipinski definition) is 2. The molecule has 31 heavy (non-hydrogen) atoms. The Labute approximate surface area is 182 Å². The fourth-order valence-corrected chi connectivity index (χ4v) is 4.08. The summed E-state index contributed by atoms with van der Waals surface area (Å²) < 4.78 is 18.9. The first-order valence-electron chi connectivity index (χ1n) is 10.7. The largest absolute Gasteiger partial charge is 0.495 e. The lowest BCUT2D eigenvalue weighted by atomic mass is 10.0. The minimum Gasteiger partial charge on any atom is -0.495 e. The third-order valence-electron chi connectivity index (χ3n) is 5.80. The molecule has 4 nitrogen and oxygen atoms in total. The van der Waals surface area contributed by atoms with Crippen molar-refractivity contribution in [1.29, 1.82) is 0 Å². The predicted octanol–water partition coefficient (Wildman–Crippen LogP) is 4.07. The highest BCUT2D eigenvalue weighted by molar-refractivity contribution is 5.96. The number of quaternary nitrogens is 1. The Hall–Kier alpha value is -3.18. The van der Waals surface area contributed by atoms with E-state index >= 15 is 0 Å². The first-order valence-corrected chi connectivity index (χ1v) is 10.7. The number of hydrogen-bond donors (Lipinski definition) is 2. The van der Waals surface area contributed by atoms with Gasteiger partial charge in [-0.15, -0.1) is 0 Å². The SMILES string of the molecule is COc1ccc(C)cc1NC(=O)[C@H](c1ccccc1)[NH+](Cc1ccc(F)cc1)C1CC1. The van der Waals surface area contributed by atoms with Crippen LogP contribution in [0.2, 0.25) is 0 Å². The van der Waals surface area contributed by atoms with Crippen LogP contribution in [-0.2, 0) is 11.3 Å². The second-order valence-electron chi connectivity index (χ2n) is 8.19. The van der Waals surface area contributed by atoms with Crippen LogP contribution >= 0.6 is 0 Å².